The number of nitrogens with one attached hydrogen (secondary N) is 1. The van der Waals surface area contributed by atoms with Crippen LogP contribution in [0, 0.1) is 5.92 Å². The number of benzene rings is 2. The van der Waals surface area contributed by atoms with Crippen molar-refractivity contribution < 1.29 is 13.2 Å². The van der Waals surface area contributed by atoms with E-state index >= 15 is 0 Å². The van der Waals surface area contributed by atoms with Crippen LogP contribution in [0.2, 0.25) is 0 Å². The van der Waals surface area contributed by atoms with E-state index in [0.29, 0.717) is 24.2 Å². The molecule has 1 fully saturated rings. The van der Waals surface area contributed by atoms with Crippen molar-refractivity contribution in [3.8, 4) is 0 Å². The summed E-state index contributed by atoms with van der Waals surface area (Å²) in [6, 6.07) is 15.1. The van der Waals surface area contributed by atoms with Gasteiger partial charge in [0.15, 0.2) is 0 Å². The van der Waals surface area contributed by atoms with E-state index in [0.717, 1.165) is 12.0 Å². The van der Waals surface area contributed by atoms with Crippen molar-refractivity contribution in [2.24, 2.45) is 5.92 Å². The molecule has 1 atom stereocenters. The van der Waals surface area contributed by atoms with E-state index in [9.17, 15) is 13.2 Å². The molecule has 0 aromatic heterocycles. The standard InChI is InChI=1S/C22H28N2O3S/c1-4-17-9-11-18(12-10-17)21(16(2)3)23-22(25)19-7-5-8-20(15-19)24-13-6-14-28(24,26)27/h5,7-12,15-16,21H,4,6,13-14H2,1-3H3,(H,23,25)/t21-/m0/s1. The van der Waals surface area contributed by atoms with Gasteiger partial charge in [0.25, 0.3) is 5.91 Å². The number of carbonyl (C=O) groups is 1. The predicted molar refractivity (Wildman–Crippen MR) is 113 cm³/mol. The summed E-state index contributed by atoms with van der Waals surface area (Å²) in [6.07, 6.45) is 1.59. The summed E-state index contributed by atoms with van der Waals surface area (Å²) >= 11 is 0. The van der Waals surface area contributed by atoms with Gasteiger partial charge in [-0.3, -0.25) is 9.10 Å². The summed E-state index contributed by atoms with van der Waals surface area (Å²) in [7, 11) is -3.27. The van der Waals surface area contributed by atoms with E-state index in [1.54, 1.807) is 24.3 Å². The Hall–Kier alpha value is -2.34. The molecular formula is C22H28N2O3S. The Kier molecular flexibility index (Phi) is 6.08. The second kappa shape index (κ2) is 8.35. The van der Waals surface area contributed by atoms with Gasteiger partial charge in [-0.25, -0.2) is 8.42 Å². The first kappa shape index (κ1) is 20.4. The molecule has 150 valence electrons. The van der Waals surface area contributed by atoms with Gasteiger partial charge in [-0.1, -0.05) is 51.1 Å². The van der Waals surface area contributed by atoms with Crippen LogP contribution in [0.15, 0.2) is 48.5 Å². The number of aryl methyl sites for hydroxylation is 1. The fourth-order valence-corrected chi connectivity index (χ4v) is 5.11. The molecule has 28 heavy (non-hydrogen) atoms. The Morgan fingerprint density at radius 1 is 1.14 bits per heavy atom. The summed E-state index contributed by atoms with van der Waals surface area (Å²) in [6.45, 7) is 6.73. The summed E-state index contributed by atoms with van der Waals surface area (Å²) in [4.78, 5) is 12.9. The Balaban J connectivity index is 1.81. The van der Waals surface area contributed by atoms with E-state index < -0.39 is 10.0 Å². The minimum atomic E-state index is -3.27. The molecule has 1 heterocycles. The molecule has 1 aliphatic heterocycles. The normalized spacial score (nSPS) is 16.9. The van der Waals surface area contributed by atoms with Crippen LogP contribution in [0.4, 0.5) is 5.69 Å². The number of amides is 1. The lowest BCUT2D eigenvalue weighted by Gasteiger charge is -2.24. The van der Waals surface area contributed by atoms with Crippen molar-refractivity contribution in [2.45, 2.75) is 39.7 Å². The lowest BCUT2D eigenvalue weighted by atomic mass is 9.94. The van der Waals surface area contributed by atoms with E-state index in [1.165, 1.54) is 9.87 Å². The predicted octanol–water partition coefficient (Wildman–Crippen LogP) is 3.92. The fraction of sp³-hybridized carbons (Fsp3) is 0.409. The van der Waals surface area contributed by atoms with Crippen molar-refractivity contribution >= 4 is 21.6 Å². The molecule has 0 bridgehead atoms. The molecule has 1 amide bonds. The van der Waals surface area contributed by atoms with E-state index in [1.807, 2.05) is 0 Å². The quantitative estimate of drug-likeness (QED) is 0.799. The molecule has 6 heteroatoms. The molecule has 5 nitrogen and oxygen atoms in total. The Bertz CT molecular complexity index is 937. The fourth-order valence-electron chi connectivity index (χ4n) is 3.55. The van der Waals surface area contributed by atoms with Crippen LogP contribution in [0.1, 0.15) is 54.7 Å². The largest absolute Gasteiger partial charge is 0.345 e. The van der Waals surface area contributed by atoms with Crippen LogP contribution < -0.4 is 9.62 Å². The van der Waals surface area contributed by atoms with Gasteiger partial charge in [0.05, 0.1) is 17.5 Å². The second-order valence-electron chi connectivity index (χ2n) is 7.58. The maximum absolute atomic E-state index is 12.9. The first-order valence-electron chi connectivity index (χ1n) is 9.82. The summed E-state index contributed by atoms with van der Waals surface area (Å²) < 4.78 is 25.7. The zero-order chi connectivity index (χ0) is 20.3. The van der Waals surface area contributed by atoms with Gasteiger partial charge in [-0.15, -0.1) is 0 Å². The molecule has 1 saturated heterocycles. The average Bonchev–Trinajstić information content (AvgIpc) is 3.05. The maximum atomic E-state index is 12.9. The number of carbonyl (C=O) groups excluding carboxylic acids is 1. The maximum Gasteiger partial charge on any atom is 0.251 e. The van der Waals surface area contributed by atoms with Gasteiger partial charge in [-0.05, 0) is 48.1 Å². The van der Waals surface area contributed by atoms with E-state index in [2.05, 4.69) is 50.4 Å². The topological polar surface area (TPSA) is 66.5 Å². The van der Waals surface area contributed by atoms with Crippen LogP contribution in [-0.2, 0) is 16.4 Å². The van der Waals surface area contributed by atoms with Crippen molar-refractivity contribution in [2.75, 3.05) is 16.6 Å². The van der Waals surface area contributed by atoms with Gasteiger partial charge in [0, 0.05) is 12.1 Å². The van der Waals surface area contributed by atoms with Crippen LogP contribution in [0.25, 0.3) is 0 Å². The molecule has 1 N–H and O–H groups in total. The third-order valence-corrected chi connectivity index (χ3v) is 7.07. The van der Waals surface area contributed by atoms with Gasteiger partial charge < -0.3 is 5.32 Å². The Morgan fingerprint density at radius 2 is 1.86 bits per heavy atom. The van der Waals surface area contributed by atoms with Crippen molar-refractivity contribution in [1.29, 1.82) is 0 Å². The minimum absolute atomic E-state index is 0.113. The monoisotopic (exact) mass is 400 g/mol. The first-order chi connectivity index (χ1) is 13.3. The molecule has 2 aromatic carbocycles. The molecule has 1 aliphatic rings. The van der Waals surface area contributed by atoms with Crippen molar-refractivity contribution in [3.05, 3.63) is 65.2 Å². The summed E-state index contributed by atoms with van der Waals surface area (Å²) in [5, 5.41) is 3.12. The van der Waals surface area contributed by atoms with Crippen molar-refractivity contribution in [1.82, 2.24) is 5.32 Å². The number of anilines is 1. The molecule has 0 saturated carbocycles. The molecule has 2 aromatic rings. The zero-order valence-corrected chi connectivity index (χ0v) is 17.5. The number of hydrogen-bond donors (Lipinski definition) is 1. The van der Waals surface area contributed by atoms with E-state index in [4.69, 9.17) is 0 Å². The highest BCUT2D eigenvalue weighted by Gasteiger charge is 2.29. The number of hydrogen-bond acceptors (Lipinski definition) is 3. The lowest BCUT2D eigenvalue weighted by molar-refractivity contribution is 0.0925. The van der Waals surface area contributed by atoms with Gasteiger partial charge in [-0.2, -0.15) is 0 Å². The molecule has 3 rings (SSSR count). The van der Waals surface area contributed by atoms with Crippen molar-refractivity contribution in [3.63, 3.8) is 0 Å². The minimum Gasteiger partial charge on any atom is -0.345 e. The summed E-state index contributed by atoms with van der Waals surface area (Å²) in [5.74, 6) is 0.183. The van der Waals surface area contributed by atoms with Gasteiger partial charge in [0.2, 0.25) is 10.0 Å². The molecule has 0 unspecified atom stereocenters. The van der Waals surface area contributed by atoms with Crippen LogP contribution in [0.5, 0.6) is 0 Å². The number of rotatable bonds is 6. The van der Waals surface area contributed by atoms with Gasteiger partial charge in [0.1, 0.15) is 0 Å². The van der Waals surface area contributed by atoms with Crippen LogP contribution in [-0.4, -0.2) is 26.6 Å². The zero-order valence-electron chi connectivity index (χ0n) is 16.7. The number of sulfonamides is 1. The molecule has 0 spiro atoms. The SMILES string of the molecule is CCc1ccc([C@@H](NC(=O)c2cccc(N3CCCS3(=O)=O)c2)C(C)C)cc1. The van der Waals surface area contributed by atoms with Crippen LogP contribution in [0.3, 0.4) is 0 Å². The highest BCUT2D eigenvalue weighted by molar-refractivity contribution is 7.93. The molecule has 0 radical (unpaired) electrons. The third-order valence-electron chi connectivity index (χ3n) is 5.20. The highest BCUT2D eigenvalue weighted by Crippen LogP contribution is 2.26. The lowest BCUT2D eigenvalue weighted by Crippen LogP contribution is -2.32. The third kappa shape index (κ3) is 4.38. The molecule has 0 aliphatic carbocycles. The smallest absolute Gasteiger partial charge is 0.251 e. The number of nitrogens with zero attached hydrogens (tertiary/aromatic N) is 1. The van der Waals surface area contributed by atoms with Gasteiger partial charge >= 0.3 is 0 Å². The first-order valence-corrected chi connectivity index (χ1v) is 11.4. The Labute approximate surface area is 167 Å². The van der Waals surface area contributed by atoms with Crippen LogP contribution >= 0.6 is 0 Å². The second-order valence-corrected chi connectivity index (χ2v) is 9.60. The van der Waals surface area contributed by atoms with E-state index in [-0.39, 0.29) is 23.6 Å². The summed E-state index contributed by atoms with van der Waals surface area (Å²) in [5.41, 5.74) is 3.35. The average molecular weight is 401 g/mol. The Morgan fingerprint density at radius 3 is 2.43 bits per heavy atom. The highest BCUT2D eigenvalue weighted by atomic mass is 32.2. The molecular weight excluding hydrogens is 372 g/mol.